The molecule has 3 heteroatoms. The maximum absolute atomic E-state index is 11.6. The van der Waals surface area contributed by atoms with Crippen molar-refractivity contribution in [3.63, 3.8) is 0 Å². The van der Waals surface area contributed by atoms with Gasteiger partial charge in [0.05, 0.1) is 12.2 Å². The summed E-state index contributed by atoms with van der Waals surface area (Å²) in [6, 6.07) is 5.87. The highest BCUT2D eigenvalue weighted by molar-refractivity contribution is 5.91. The third-order valence-corrected chi connectivity index (χ3v) is 2.83. The molecule has 0 amide bonds. The molecule has 0 saturated carbocycles. The molecule has 1 aromatic rings. The van der Waals surface area contributed by atoms with Gasteiger partial charge in [0.1, 0.15) is 0 Å². The number of benzene rings is 1. The zero-order chi connectivity index (χ0) is 12.8. The SMILES string of the molecule is CCOC(=O)c1ccc(N(CC)CC)cc1C. The summed E-state index contributed by atoms with van der Waals surface area (Å²) in [6.07, 6.45) is 0. The van der Waals surface area contributed by atoms with Crippen LogP contribution in [0, 0.1) is 6.92 Å². The largest absolute Gasteiger partial charge is 0.462 e. The van der Waals surface area contributed by atoms with E-state index in [1.165, 1.54) is 0 Å². The number of esters is 1. The molecule has 0 spiro atoms. The van der Waals surface area contributed by atoms with Crippen LogP contribution in [0.5, 0.6) is 0 Å². The van der Waals surface area contributed by atoms with Gasteiger partial charge in [0, 0.05) is 18.8 Å². The maximum Gasteiger partial charge on any atom is 0.338 e. The van der Waals surface area contributed by atoms with Crippen molar-refractivity contribution in [3.8, 4) is 0 Å². The number of hydrogen-bond donors (Lipinski definition) is 0. The lowest BCUT2D eigenvalue weighted by Crippen LogP contribution is -2.22. The number of carbonyl (C=O) groups is 1. The monoisotopic (exact) mass is 235 g/mol. The molecule has 0 saturated heterocycles. The highest BCUT2D eigenvalue weighted by atomic mass is 16.5. The number of ether oxygens (including phenoxy) is 1. The number of hydrogen-bond acceptors (Lipinski definition) is 3. The lowest BCUT2D eigenvalue weighted by Gasteiger charge is -2.21. The van der Waals surface area contributed by atoms with Crippen LogP contribution in [0.25, 0.3) is 0 Å². The summed E-state index contributed by atoms with van der Waals surface area (Å²) in [7, 11) is 0. The molecule has 0 aromatic heterocycles. The van der Waals surface area contributed by atoms with E-state index < -0.39 is 0 Å². The van der Waals surface area contributed by atoms with Gasteiger partial charge in [-0.2, -0.15) is 0 Å². The highest BCUT2D eigenvalue weighted by Gasteiger charge is 2.11. The first-order chi connectivity index (χ1) is 8.13. The van der Waals surface area contributed by atoms with Crippen LogP contribution in [0.3, 0.4) is 0 Å². The van der Waals surface area contributed by atoms with Gasteiger partial charge in [0.25, 0.3) is 0 Å². The van der Waals surface area contributed by atoms with Crippen molar-refractivity contribution >= 4 is 11.7 Å². The van der Waals surface area contributed by atoms with Crippen molar-refractivity contribution < 1.29 is 9.53 Å². The molecule has 0 unspecified atom stereocenters. The van der Waals surface area contributed by atoms with Crippen LogP contribution < -0.4 is 4.90 Å². The molecule has 94 valence electrons. The van der Waals surface area contributed by atoms with Gasteiger partial charge in [-0.05, 0) is 51.5 Å². The molecule has 1 aromatic carbocycles. The van der Waals surface area contributed by atoms with Crippen LogP contribution in [0.4, 0.5) is 5.69 Å². The Bertz CT molecular complexity index is 384. The van der Waals surface area contributed by atoms with E-state index >= 15 is 0 Å². The van der Waals surface area contributed by atoms with Crippen molar-refractivity contribution in [2.24, 2.45) is 0 Å². The molecule has 0 aliphatic rings. The Hall–Kier alpha value is -1.51. The second-order valence-corrected chi connectivity index (χ2v) is 3.89. The molecule has 0 aliphatic heterocycles. The van der Waals surface area contributed by atoms with E-state index in [0.717, 1.165) is 24.3 Å². The number of carbonyl (C=O) groups excluding carboxylic acids is 1. The van der Waals surface area contributed by atoms with Crippen LogP contribution in [-0.4, -0.2) is 25.7 Å². The fourth-order valence-corrected chi connectivity index (χ4v) is 1.87. The van der Waals surface area contributed by atoms with Crippen LogP contribution >= 0.6 is 0 Å². The number of rotatable bonds is 5. The predicted octanol–water partition coefficient (Wildman–Crippen LogP) is 3.02. The molecule has 1 rings (SSSR count). The van der Waals surface area contributed by atoms with E-state index in [0.29, 0.717) is 12.2 Å². The van der Waals surface area contributed by atoms with E-state index in [9.17, 15) is 4.79 Å². The Labute approximate surface area is 103 Å². The first-order valence-corrected chi connectivity index (χ1v) is 6.16. The van der Waals surface area contributed by atoms with Gasteiger partial charge < -0.3 is 9.64 Å². The van der Waals surface area contributed by atoms with Gasteiger partial charge in [-0.3, -0.25) is 0 Å². The van der Waals surface area contributed by atoms with Gasteiger partial charge in [-0.15, -0.1) is 0 Å². The van der Waals surface area contributed by atoms with Crippen LogP contribution in [0.15, 0.2) is 18.2 Å². The quantitative estimate of drug-likeness (QED) is 0.735. The smallest absolute Gasteiger partial charge is 0.338 e. The van der Waals surface area contributed by atoms with E-state index in [1.807, 2.05) is 32.0 Å². The molecule has 0 bridgehead atoms. The fraction of sp³-hybridized carbons (Fsp3) is 0.500. The zero-order valence-electron chi connectivity index (χ0n) is 11.1. The normalized spacial score (nSPS) is 10.1. The van der Waals surface area contributed by atoms with Crippen molar-refractivity contribution in [1.29, 1.82) is 0 Å². The molecular formula is C14H21NO2. The van der Waals surface area contributed by atoms with Gasteiger partial charge in [0.15, 0.2) is 0 Å². The average Bonchev–Trinajstić information content (AvgIpc) is 2.31. The molecule has 0 radical (unpaired) electrons. The summed E-state index contributed by atoms with van der Waals surface area (Å²) >= 11 is 0. The summed E-state index contributed by atoms with van der Waals surface area (Å²) in [5, 5.41) is 0. The summed E-state index contributed by atoms with van der Waals surface area (Å²) in [4.78, 5) is 13.9. The Morgan fingerprint density at radius 2 is 1.88 bits per heavy atom. The summed E-state index contributed by atoms with van der Waals surface area (Å²) in [5.74, 6) is -0.240. The van der Waals surface area contributed by atoms with Gasteiger partial charge in [-0.25, -0.2) is 4.79 Å². The van der Waals surface area contributed by atoms with Crippen LogP contribution in [0.1, 0.15) is 36.7 Å². The van der Waals surface area contributed by atoms with Crippen molar-refractivity contribution in [1.82, 2.24) is 0 Å². The summed E-state index contributed by atoms with van der Waals surface area (Å²) < 4.78 is 5.01. The molecule has 3 nitrogen and oxygen atoms in total. The molecule has 0 N–H and O–H groups in total. The van der Waals surface area contributed by atoms with Crippen LogP contribution in [-0.2, 0) is 4.74 Å². The number of aryl methyl sites for hydroxylation is 1. The topological polar surface area (TPSA) is 29.5 Å². The predicted molar refractivity (Wildman–Crippen MR) is 70.7 cm³/mol. The minimum atomic E-state index is -0.240. The Kier molecular flexibility index (Phi) is 5.01. The van der Waals surface area contributed by atoms with E-state index in [1.54, 1.807) is 0 Å². The van der Waals surface area contributed by atoms with Crippen molar-refractivity contribution in [2.75, 3.05) is 24.6 Å². The third-order valence-electron chi connectivity index (χ3n) is 2.83. The molecule has 0 atom stereocenters. The molecule has 0 heterocycles. The zero-order valence-corrected chi connectivity index (χ0v) is 11.1. The fourth-order valence-electron chi connectivity index (χ4n) is 1.87. The lowest BCUT2D eigenvalue weighted by molar-refractivity contribution is 0.0525. The van der Waals surface area contributed by atoms with Gasteiger partial charge >= 0.3 is 5.97 Å². The van der Waals surface area contributed by atoms with Gasteiger partial charge in [-0.1, -0.05) is 0 Å². The third kappa shape index (κ3) is 3.22. The number of anilines is 1. The minimum absolute atomic E-state index is 0.240. The second-order valence-electron chi connectivity index (χ2n) is 3.89. The first-order valence-electron chi connectivity index (χ1n) is 6.16. The number of nitrogens with zero attached hydrogens (tertiary/aromatic N) is 1. The summed E-state index contributed by atoms with van der Waals surface area (Å²) in [6.45, 7) is 10.4. The Morgan fingerprint density at radius 3 is 2.35 bits per heavy atom. The average molecular weight is 235 g/mol. The first kappa shape index (κ1) is 13.6. The van der Waals surface area contributed by atoms with Crippen LogP contribution in [0.2, 0.25) is 0 Å². The standard InChI is InChI=1S/C14H21NO2/c1-5-15(6-2)12-8-9-13(11(4)10-12)14(16)17-7-3/h8-10H,5-7H2,1-4H3. The van der Waals surface area contributed by atoms with Gasteiger partial charge in [0.2, 0.25) is 0 Å². The minimum Gasteiger partial charge on any atom is -0.462 e. The molecule has 0 aliphatic carbocycles. The van der Waals surface area contributed by atoms with E-state index in [2.05, 4.69) is 18.7 Å². The van der Waals surface area contributed by atoms with E-state index in [4.69, 9.17) is 4.74 Å². The molecule has 0 fully saturated rings. The lowest BCUT2D eigenvalue weighted by atomic mass is 10.1. The molecular weight excluding hydrogens is 214 g/mol. The van der Waals surface area contributed by atoms with Crippen molar-refractivity contribution in [3.05, 3.63) is 29.3 Å². The Morgan fingerprint density at radius 1 is 1.24 bits per heavy atom. The van der Waals surface area contributed by atoms with Crippen molar-refractivity contribution in [2.45, 2.75) is 27.7 Å². The van der Waals surface area contributed by atoms with E-state index in [-0.39, 0.29) is 5.97 Å². The maximum atomic E-state index is 11.6. The summed E-state index contributed by atoms with van der Waals surface area (Å²) in [5.41, 5.74) is 2.77. The second kappa shape index (κ2) is 6.28. The molecule has 17 heavy (non-hydrogen) atoms. The highest BCUT2D eigenvalue weighted by Crippen LogP contribution is 2.19. The Balaban J connectivity index is 2.97.